The molecule has 0 atom stereocenters. The fraction of sp³-hybridized carbons (Fsp3) is 0.400. The number of hydrogen-bond donors (Lipinski definition) is 0. The van der Waals surface area contributed by atoms with Crippen molar-refractivity contribution in [3.8, 4) is 0 Å². The van der Waals surface area contributed by atoms with E-state index in [0.29, 0.717) is 30.4 Å². The first-order chi connectivity index (χ1) is 10.7. The fourth-order valence-electron chi connectivity index (χ4n) is 1.97. The Hall–Kier alpha value is -2.57. The van der Waals surface area contributed by atoms with E-state index in [2.05, 4.69) is 21.9 Å². The Morgan fingerprint density at radius 3 is 2.77 bits per heavy atom. The normalized spacial score (nSPS) is 10.5. The third-order valence-corrected chi connectivity index (χ3v) is 3.15. The number of carbonyl (C=O) groups excluding carboxylic acids is 2. The standard InChI is InChI=1S/C15H18N4O3/c1-2-12(20)8-5-3-4-6-10-14(21)22-19-15-13(17-18-19)9-7-11-16-15/h2,7,9,11H,1,3-6,8,10H2. The second kappa shape index (κ2) is 8.02. The zero-order valence-electron chi connectivity index (χ0n) is 12.3. The quantitative estimate of drug-likeness (QED) is 0.399. The van der Waals surface area contributed by atoms with Crippen LogP contribution in [-0.4, -0.2) is 31.9 Å². The summed E-state index contributed by atoms with van der Waals surface area (Å²) in [6, 6.07) is 3.48. The van der Waals surface area contributed by atoms with Gasteiger partial charge in [-0.2, -0.15) is 0 Å². The lowest BCUT2D eigenvalue weighted by molar-refractivity contribution is -0.145. The molecule has 7 heteroatoms. The molecular weight excluding hydrogens is 284 g/mol. The third kappa shape index (κ3) is 4.47. The van der Waals surface area contributed by atoms with E-state index in [1.54, 1.807) is 18.3 Å². The molecule has 2 aromatic rings. The van der Waals surface area contributed by atoms with Crippen LogP contribution in [0.4, 0.5) is 0 Å². The SMILES string of the molecule is C=CC(=O)CCCCCCC(=O)On1nnc2cccnc21. The molecule has 116 valence electrons. The molecule has 2 aromatic heterocycles. The van der Waals surface area contributed by atoms with Gasteiger partial charge < -0.3 is 4.84 Å². The van der Waals surface area contributed by atoms with Crippen LogP contribution in [-0.2, 0) is 9.59 Å². The largest absolute Gasteiger partial charge is 0.335 e. The van der Waals surface area contributed by atoms with E-state index in [-0.39, 0.29) is 11.8 Å². The summed E-state index contributed by atoms with van der Waals surface area (Å²) in [4.78, 5) is 33.0. The van der Waals surface area contributed by atoms with Crippen LogP contribution in [0, 0.1) is 0 Å². The summed E-state index contributed by atoms with van der Waals surface area (Å²) in [6.45, 7) is 3.43. The molecule has 0 aliphatic rings. The maximum absolute atomic E-state index is 11.7. The predicted molar refractivity (Wildman–Crippen MR) is 79.8 cm³/mol. The van der Waals surface area contributed by atoms with Crippen LogP contribution >= 0.6 is 0 Å². The van der Waals surface area contributed by atoms with Gasteiger partial charge in [0.25, 0.3) is 0 Å². The van der Waals surface area contributed by atoms with Crippen LogP contribution in [0.3, 0.4) is 0 Å². The van der Waals surface area contributed by atoms with Gasteiger partial charge in [0.2, 0.25) is 5.65 Å². The number of unbranched alkanes of at least 4 members (excludes halogenated alkanes) is 3. The Labute approximate surface area is 127 Å². The summed E-state index contributed by atoms with van der Waals surface area (Å²) >= 11 is 0. The Kier molecular flexibility index (Phi) is 5.76. The highest BCUT2D eigenvalue weighted by molar-refractivity contribution is 5.88. The van der Waals surface area contributed by atoms with Crippen molar-refractivity contribution in [2.45, 2.75) is 38.5 Å². The highest BCUT2D eigenvalue weighted by Crippen LogP contribution is 2.08. The Morgan fingerprint density at radius 2 is 2.00 bits per heavy atom. The van der Waals surface area contributed by atoms with Crippen molar-refractivity contribution in [1.82, 2.24) is 20.1 Å². The maximum Gasteiger partial charge on any atom is 0.335 e. The number of aromatic nitrogens is 4. The number of ketones is 1. The lowest BCUT2D eigenvalue weighted by atomic mass is 10.1. The van der Waals surface area contributed by atoms with Gasteiger partial charge in [-0.3, -0.25) is 4.79 Å². The van der Waals surface area contributed by atoms with Gasteiger partial charge in [-0.05, 0) is 41.1 Å². The first kappa shape index (κ1) is 15.8. The van der Waals surface area contributed by atoms with Crippen LogP contribution in [0.15, 0.2) is 31.0 Å². The van der Waals surface area contributed by atoms with Gasteiger partial charge in [0.15, 0.2) is 5.78 Å². The van der Waals surface area contributed by atoms with Gasteiger partial charge in [-0.25, -0.2) is 9.78 Å². The molecule has 0 amide bonds. The molecule has 2 heterocycles. The van der Waals surface area contributed by atoms with Gasteiger partial charge in [-0.15, -0.1) is 5.10 Å². The van der Waals surface area contributed by atoms with E-state index >= 15 is 0 Å². The van der Waals surface area contributed by atoms with Crippen molar-refractivity contribution in [2.75, 3.05) is 0 Å². The van der Waals surface area contributed by atoms with Crippen molar-refractivity contribution >= 4 is 22.9 Å². The van der Waals surface area contributed by atoms with E-state index in [1.165, 1.54) is 6.08 Å². The van der Waals surface area contributed by atoms with Crippen LogP contribution < -0.4 is 4.84 Å². The smallest absolute Gasteiger partial charge is 0.316 e. The highest BCUT2D eigenvalue weighted by atomic mass is 16.7. The van der Waals surface area contributed by atoms with Crippen LogP contribution in [0.5, 0.6) is 0 Å². The molecule has 0 aliphatic heterocycles. The number of carbonyl (C=O) groups is 2. The topological polar surface area (TPSA) is 87.0 Å². The molecule has 2 rings (SSSR count). The maximum atomic E-state index is 11.7. The van der Waals surface area contributed by atoms with Crippen LogP contribution in [0.25, 0.3) is 11.2 Å². The predicted octanol–water partition coefficient (Wildman–Crippen LogP) is 1.88. The number of pyridine rings is 1. The summed E-state index contributed by atoms with van der Waals surface area (Å²) in [7, 11) is 0. The van der Waals surface area contributed by atoms with Crippen molar-refractivity contribution < 1.29 is 14.4 Å². The monoisotopic (exact) mass is 302 g/mol. The fourth-order valence-corrected chi connectivity index (χ4v) is 1.97. The second-order valence-electron chi connectivity index (χ2n) is 4.86. The minimum Gasteiger partial charge on any atom is -0.316 e. The lowest BCUT2D eigenvalue weighted by Crippen LogP contribution is -2.21. The van der Waals surface area contributed by atoms with Gasteiger partial charge in [0.1, 0.15) is 5.52 Å². The second-order valence-corrected chi connectivity index (χ2v) is 4.86. The molecule has 0 saturated carbocycles. The molecule has 0 aromatic carbocycles. The molecule has 22 heavy (non-hydrogen) atoms. The van der Waals surface area contributed by atoms with Gasteiger partial charge in [0.05, 0.1) is 0 Å². The third-order valence-electron chi connectivity index (χ3n) is 3.15. The zero-order chi connectivity index (χ0) is 15.8. The summed E-state index contributed by atoms with van der Waals surface area (Å²) in [5.41, 5.74) is 0.987. The number of rotatable bonds is 9. The number of hydrogen-bond acceptors (Lipinski definition) is 6. The number of nitrogens with zero attached hydrogens (tertiary/aromatic N) is 4. The molecule has 0 saturated heterocycles. The van der Waals surface area contributed by atoms with Crippen molar-refractivity contribution in [2.24, 2.45) is 0 Å². The molecular formula is C15H18N4O3. The van der Waals surface area contributed by atoms with Crippen molar-refractivity contribution in [3.05, 3.63) is 31.0 Å². The van der Waals surface area contributed by atoms with E-state index in [4.69, 9.17) is 4.84 Å². The molecule has 0 radical (unpaired) electrons. The van der Waals surface area contributed by atoms with Gasteiger partial charge in [-0.1, -0.05) is 19.4 Å². The minimum atomic E-state index is -0.375. The molecule has 0 N–H and O–H groups in total. The summed E-state index contributed by atoms with van der Waals surface area (Å²) in [6.07, 6.45) is 7.04. The Morgan fingerprint density at radius 1 is 1.23 bits per heavy atom. The van der Waals surface area contributed by atoms with Gasteiger partial charge in [0, 0.05) is 19.0 Å². The Bertz CT molecular complexity index is 666. The molecule has 0 unspecified atom stereocenters. The first-order valence-corrected chi connectivity index (χ1v) is 7.23. The molecule has 7 nitrogen and oxygen atoms in total. The minimum absolute atomic E-state index is 0.0602. The number of allylic oxidation sites excluding steroid dienone is 1. The first-order valence-electron chi connectivity index (χ1n) is 7.23. The van der Waals surface area contributed by atoms with E-state index in [9.17, 15) is 9.59 Å². The summed E-state index contributed by atoms with van der Waals surface area (Å²) in [5, 5.41) is 7.59. The summed E-state index contributed by atoms with van der Waals surface area (Å²) < 4.78 is 0. The average Bonchev–Trinajstić information content (AvgIpc) is 2.93. The Balaban J connectivity index is 1.68. The molecule has 0 aliphatic carbocycles. The van der Waals surface area contributed by atoms with E-state index in [1.807, 2.05) is 0 Å². The zero-order valence-corrected chi connectivity index (χ0v) is 12.3. The summed E-state index contributed by atoms with van der Waals surface area (Å²) in [5.74, 6) is -0.315. The van der Waals surface area contributed by atoms with Crippen LogP contribution in [0.2, 0.25) is 0 Å². The van der Waals surface area contributed by atoms with Crippen molar-refractivity contribution in [3.63, 3.8) is 0 Å². The highest BCUT2D eigenvalue weighted by Gasteiger charge is 2.10. The number of fused-ring (bicyclic) bond motifs is 1. The molecule has 0 bridgehead atoms. The lowest BCUT2D eigenvalue weighted by Gasteiger charge is -2.03. The van der Waals surface area contributed by atoms with E-state index < -0.39 is 0 Å². The molecule has 0 fully saturated rings. The van der Waals surface area contributed by atoms with Gasteiger partial charge >= 0.3 is 5.97 Å². The van der Waals surface area contributed by atoms with Crippen molar-refractivity contribution in [1.29, 1.82) is 0 Å². The van der Waals surface area contributed by atoms with E-state index in [0.717, 1.165) is 24.1 Å². The average molecular weight is 302 g/mol. The molecule has 0 spiro atoms. The van der Waals surface area contributed by atoms with Crippen LogP contribution in [0.1, 0.15) is 38.5 Å².